The smallest absolute Gasteiger partial charge is 0.306 e. The monoisotopic (exact) mass is 314 g/mol. The molecule has 0 amide bonds. The highest BCUT2D eigenvalue weighted by Crippen LogP contribution is 2.37. The highest BCUT2D eigenvalue weighted by atomic mass is 79.9. The lowest BCUT2D eigenvalue weighted by Crippen LogP contribution is -2.14. The fourth-order valence-corrected chi connectivity index (χ4v) is 2.79. The van der Waals surface area contributed by atoms with Gasteiger partial charge in [-0.15, -0.1) is 0 Å². The number of hydrogen-bond donors (Lipinski definition) is 1. The van der Waals surface area contributed by atoms with Gasteiger partial charge in [-0.2, -0.15) is 0 Å². The summed E-state index contributed by atoms with van der Waals surface area (Å²) in [7, 11) is 1.64. The molecule has 0 bridgehead atoms. The van der Waals surface area contributed by atoms with E-state index in [-0.39, 0.29) is 5.92 Å². The molecule has 0 fully saturated rings. The number of carbonyl (C=O) groups is 1. The maximum atomic E-state index is 11.0. The summed E-state index contributed by atoms with van der Waals surface area (Å²) >= 11 is 3.53. The number of halogens is 1. The normalized spacial score (nSPS) is 12.3. The van der Waals surface area contributed by atoms with E-state index in [0.29, 0.717) is 6.42 Å². The molecule has 0 aliphatic heterocycles. The first-order valence-electron chi connectivity index (χ1n) is 5.86. The predicted molar refractivity (Wildman–Crippen MR) is 75.4 cm³/mol. The van der Waals surface area contributed by atoms with Crippen molar-refractivity contribution in [3.05, 3.63) is 26.7 Å². The number of aliphatic carboxylic acids is 1. The molecule has 1 aromatic rings. The Morgan fingerprint density at radius 1 is 1.28 bits per heavy atom. The van der Waals surface area contributed by atoms with Crippen molar-refractivity contribution in [2.24, 2.45) is 5.92 Å². The van der Waals surface area contributed by atoms with Gasteiger partial charge in [0.05, 0.1) is 17.5 Å². The van der Waals surface area contributed by atoms with Crippen LogP contribution in [0.1, 0.15) is 29.2 Å². The van der Waals surface area contributed by atoms with Crippen molar-refractivity contribution in [1.82, 2.24) is 0 Å². The van der Waals surface area contributed by atoms with Gasteiger partial charge in [-0.1, -0.05) is 6.92 Å². The first-order valence-corrected chi connectivity index (χ1v) is 6.65. The van der Waals surface area contributed by atoms with E-state index in [9.17, 15) is 4.79 Å². The third kappa shape index (κ3) is 2.69. The number of carboxylic acids is 1. The SMILES string of the molecule is COc1c(C)c(C)c(CC(C)C(=O)O)c(C)c1Br. The Morgan fingerprint density at radius 2 is 1.83 bits per heavy atom. The molecule has 0 heterocycles. The van der Waals surface area contributed by atoms with E-state index < -0.39 is 5.97 Å². The lowest BCUT2D eigenvalue weighted by Gasteiger charge is -2.19. The van der Waals surface area contributed by atoms with Crippen LogP contribution in [0, 0.1) is 26.7 Å². The van der Waals surface area contributed by atoms with Crippen LogP contribution in [-0.2, 0) is 11.2 Å². The first kappa shape index (κ1) is 15.0. The number of benzene rings is 1. The van der Waals surface area contributed by atoms with Gasteiger partial charge in [-0.25, -0.2) is 0 Å². The van der Waals surface area contributed by atoms with E-state index in [1.54, 1.807) is 14.0 Å². The van der Waals surface area contributed by atoms with Crippen LogP contribution in [0.2, 0.25) is 0 Å². The van der Waals surface area contributed by atoms with Crippen molar-refractivity contribution in [3.8, 4) is 5.75 Å². The molecule has 1 unspecified atom stereocenters. The number of carboxylic acid groups (broad SMARTS) is 1. The zero-order valence-electron chi connectivity index (χ0n) is 11.4. The summed E-state index contributed by atoms with van der Waals surface area (Å²) in [4.78, 5) is 11.0. The average molecular weight is 315 g/mol. The van der Waals surface area contributed by atoms with Gasteiger partial charge in [0.25, 0.3) is 0 Å². The van der Waals surface area contributed by atoms with Crippen LogP contribution < -0.4 is 4.74 Å². The van der Waals surface area contributed by atoms with Gasteiger partial charge < -0.3 is 9.84 Å². The molecular weight excluding hydrogens is 296 g/mol. The molecule has 1 atom stereocenters. The number of methoxy groups -OCH3 is 1. The number of hydrogen-bond acceptors (Lipinski definition) is 2. The van der Waals surface area contributed by atoms with Crippen LogP contribution >= 0.6 is 15.9 Å². The highest BCUT2D eigenvalue weighted by molar-refractivity contribution is 9.10. The number of ether oxygens (including phenoxy) is 1. The number of rotatable bonds is 4. The topological polar surface area (TPSA) is 46.5 Å². The second kappa shape index (κ2) is 5.74. The second-order valence-electron chi connectivity index (χ2n) is 4.64. The molecule has 100 valence electrons. The maximum absolute atomic E-state index is 11.0. The Hall–Kier alpha value is -1.03. The lowest BCUT2D eigenvalue weighted by atomic mass is 9.90. The van der Waals surface area contributed by atoms with Gasteiger partial charge in [0.1, 0.15) is 5.75 Å². The Morgan fingerprint density at radius 3 is 2.28 bits per heavy atom. The summed E-state index contributed by atoms with van der Waals surface area (Å²) in [6, 6.07) is 0. The Bertz CT molecular complexity index is 451. The minimum Gasteiger partial charge on any atom is -0.495 e. The van der Waals surface area contributed by atoms with E-state index >= 15 is 0 Å². The van der Waals surface area contributed by atoms with Crippen molar-refractivity contribution >= 4 is 21.9 Å². The summed E-state index contributed by atoms with van der Waals surface area (Å²) in [5.74, 6) is -0.322. The third-order valence-electron chi connectivity index (χ3n) is 3.47. The van der Waals surface area contributed by atoms with E-state index in [2.05, 4.69) is 15.9 Å². The largest absolute Gasteiger partial charge is 0.495 e. The summed E-state index contributed by atoms with van der Waals surface area (Å²) in [5, 5.41) is 9.03. The van der Waals surface area contributed by atoms with Gasteiger partial charge >= 0.3 is 5.97 Å². The standard InChI is InChI=1S/C14H19BrO3/c1-7(14(16)17)6-11-8(2)9(3)13(18-5)12(15)10(11)4/h7H,6H2,1-5H3,(H,16,17). The summed E-state index contributed by atoms with van der Waals surface area (Å²) in [5.41, 5.74) is 4.32. The molecule has 4 heteroatoms. The molecule has 0 saturated heterocycles. The molecule has 0 aliphatic rings. The molecule has 1 rings (SSSR count). The van der Waals surface area contributed by atoms with E-state index in [4.69, 9.17) is 9.84 Å². The zero-order valence-corrected chi connectivity index (χ0v) is 13.0. The van der Waals surface area contributed by atoms with Gasteiger partial charge in [-0.05, 0) is 65.4 Å². The Labute approximate surface area is 116 Å². The van der Waals surface area contributed by atoms with E-state index in [0.717, 1.165) is 32.5 Å². The molecule has 0 aliphatic carbocycles. The molecule has 3 nitrogen and oxygen atoms in total. The average Bonchev–Trinajstić information content (AvgIpc) is 2.32. The molecule has 0 saturated carbocycles. The molecule has 18 heavy (non-hydrogen) atoms. The lowest BCUT2D eigenvalue weighted by molar-refractivity contribution is -0.141. The Balaban J connectivity index is 3.33. The minimum absolute atomic E-state index is 0.387. The molecular formula is C14H19BrO3. The molecule has 0 radical (unpaired) electrons. The summed E-state index contributed by atoms with van der Waals surface area (Å²) in [6.45, 7) is 7.73. The predicted octanol–water partition coefficient (Wildman–Crippen LogP) is 3.65. The van der Waals surface area contributed by atoms with Gasteiger partial charge in [0.2, 0.25) is 0 Å². The van der Waals surface area contributed by atoms with Crippen molar-refractivity contribution in [2.75, 3.05) is 7.11 Å². The zero-order chi connectivity index (χ0) is 14.0. The van der Waals surface area contributed by atoms with Crippen molar-refractivity contribution in [1.29, 1.82) is 0 Å². The molecule has 1 N–H and O–H groups in total. The van der Waals surface area contributed by atoms with Crippen LogP contribution in [0.4, 0.5) is 0 Å². The van der Waals surface area contributed by atoms with Crippen molar-refractivity contribution < 1.29 is 14.6 Å². The fourth-order valence-electron chi connectivity index (χ4n) is 2.09. The van der Waals surface area contributed by atoms with Crippen LogP contribution in [-0.4, -0.2) is 18.2 Å². The molecule has 1 aromatic carbocycles. The summed E-state index contributed by atoms with van der Waals surface area (Å²) in [6.07, 6.45) is 0.538. The van der Waals surface area contributed by atoms with Crippen LogP contribution in [0.15, 0.2) is 4.47 Å². The quantitative estimate of drug-likeness (QED) is 0.922. The van der Waals surface area contributed by atoms with Crippen molar-refractivity contribution in [3.63, 3.8) is 0 Å². The highest BCUT2D eigenvalue weighted by Gasteiger charge is 2.20. The third-order valence-corrected chi connectivity index (χ3v) is 4.43. The molecule has 0 spiro atoms. The van der Waals surface area contributed by atoms with Crippen LogP contribution in [0.25, 0.3) is 0 Å². The van der Waals surface area contributed by atoms with Gasteiger partial charge in [-0.3, -0.25) is 4.79 Å². The van der Waals surface area contributed by atoms with Gasteiger partial charge in [0, 0.05) is 0 Å². The first-order chi connectivity index (χ1) is 8.31. The van der Waals surface area contributed by atoms with Crippen LogP contribution in [0.3, 0.4) is 0 Å². The second-order valence-corrected chi connectivity index (χ2v) is 5.44. The summed E-state index contributed by atoms with van der Waals surface area (Å²) < 4.78 is 6.30. The maximum Gasteiger partial charge on any atom is 0.306 e. The van der Waals surface area contributed by atoms with Crippen molar-refractivity contribution in [2.45, 2.75) is 34.1 Å². The van der Waals surface area contributed by atoms with Gasteiger partial charge in [0.15, 0.2) is 0 Å². The van der Waals surface area contributed by atoms with Crippen LogP contribution in [0.5, 0.6) is 5.75 Å². The fraction of sp³-hybridized carbons (Fsp3) is 0.500. The van der Waals surface area contributed by atoms with E-state index in [1.807, 2.05) is 20.8 Å². The van der Waals surface area contributed by atoms with E-state index in [1.165, 1.54) is 0 Å². The Kier molecular flexibility index (Phi) is 4.79. The molecule has 0 aromatic heterocycles. The minimum atomic E-state index is -0.765.